The summed E-state index contributed by atoms with van der Waals surface area (Å²) in [7, 11) is 0. The van der Waals surface area contributed by atoms with Gasteiger partial charge in [0.05, 0.1) is 31.6 Å². The number of unbranched alkanes of at least 4 members (excludes halogenated alkanes) is 4. The zero-order valence-electron chi connectivity index (χ0n) is 12.2. The second-order valence-electron chi connectivity index (χ2n) is 4.92. The van der Waals surface area contributed by atoms with Gasteiger partial charge >= 0.3 is 0 Å². The summed E-state index contributed by atoms with van der Waals surface area (Å²) in [6, 6.07) is 9.97. The molecule has 0 aliphatic rings. The van der Waals surface area contributed by atoms with Crippen molar-refractivity contribution in [3.63, 3.8) is 0 Å². The van der Waals surface area contributed by atoms with Gasteiger partial charge in [0.25, 0.3) is 0 Å². The molecular formula is C17H22N2O. The Balaban J connectivity index is 2.51. The van der Waals surface area contributed by atoms with E-state index in [1.54, 1.807) is 0 Å². The number of nitrogens with zero attached hydrogens (tertiary/aromatic N) is 2. The molecule has 0 radical (unpaired) electrons. The first-order valence-electron chi connectivity index (χ1n) is 7.29. The summed E-state index contributed by atoms with van der Waals surface area (Å²) in [5.41, 5.74) is 1.84. The quantitative estimate of drug-likeness (QED) is 0.633. The highest BCUT2D eigenvalue weighted by atomic mass is 16.5. The van der Waals surface area contributed by atoms with Crippen LogP contribution in [0.25, 0.3) is 0 Å². The molecule has 0 aliphatic carbocycles. The van der Waals surface area contributed by atoms with Gasteiger partial charge in [0, 0.05) is 0 Å². The van der Waals surface area contributed by atoms with Gasteiger partial charge in [0.2, 0.25) is 0 Å². The van der Waals surface area contributed by atoms with E-state index in [1.807, 2.05) is 18.2 Å². The zero-order valence-corrected chi connectivity index (χ0v) is 12.2. The Morgan fingerprint density at radius 1 is 0.900 bits per heavy atom. The van der Waals surface area contributed by atoms with Crippen molar-refractivity contribution in [2.45, 2.75) is 51.9 Å². The third-order valence-electron chi connectivity index (χ3n) is 3.11. The normalized spacial score (nSPS) is 9.75. The van der Waals surface area contributed by atoms with Crippen LogP contribution in [0, 0.1) is 22.7 Å². The molecule has 0 aromatic heterocycles. The number of benzene rings is 1. The Morgan fingerprint density at radius 2 is 1.50 bits per heavy atom. The summed E-state index contributed by atoms with van der Waals surface area (Å²) in [6.45, 7) is 2.90. The summed E-state index contributed by atoms with van der Waals surface area (Å²) < 4.78 is 5.74. The Kier molecular flexibility index (Phi) is 7.92. The van der Waals surface area contributed by atoms with Crippen LogP contribution in [-0.2, 0) is 12.8 Å². The molecule has 0 bridgehead atoms. The lowest BCUT2D eigenvalue weighted by Crippen LogP contribution is -1.99. The topological polar surface area (TPSA) is 56.8 Å². The van der Waals surface area contributed by atoms with Crippen molar-refractivity contribution in [3.05, 3.63) is 29.3 Å². The molecule has 1 rings (SSSR count). The first-order chi connectivity index (χ1) is 9.80. The molecule has 3 heteroatoms. The molecule has 1 aromatic carbocycles. The van der Waals surface area contributed by atoms with E-state index in [-0.39, 0.29) is 0 Å². The SMILES string of the molecule is CCCCCCCOc1cc(CC#N)cc(CC#N)c1. The van der Waals surface area contributed by atoms with Gasteiger partial charge in [0.15, 0.2) is 0 Å². The van der Waals surface area contributed by atoms with Gasteiger partial charge in [0.1, 0.15) is 5.75 Å². The Hall–Kier alpha value is -2.00. The van der Waals surface area contributed by atoms with Gasteiger partial charge in [-0.2, -0.15) is 10.5 Å². The average molecular weight is 270 g/mol. The smallest absolute Gasteiger partial charge is 0.119 e. The molecule has 0 saturated carbocycles. The third kappa shape index (κ3) is 6.25. The number of nitriles is 2. The highest BCUT2D eigenvalue weighted by Crippen LogP contribution is 2.19. The highest BCUT2D eigenvalue weighted by Gasteiger charge is 2.02. The molecule has 0 heterocycles. The molecule has 0 spiro atoms. The standard InChI is InChI=1S/C17H22N2O/c1-2-3-4-5-6-11-20-17-13-15(7-9-18)12-16(14-17)8-10-19/h12-14H,2-8,11H2,1H3. The number of hydrogen-bond acceptors (Lipinski definition) is 3. The van der Waals surface area contributed by atoms with Gasteiger partial charge in [-0.3, -0.25) is 0 Å². The van der Waals surface area contributed by atoms with Crippen LogP contribution >= 0.6 is 0 Å². The van der Waals surface area contributed by atoms with Gasteiger partial charge in [-0.15, -0.1) is 0 Å². The molecule has 106 valence electrons. The predicted octanol–water partition coefficient (Wildman–Crippen LogP) is 4.17. The largest absolute Gasteiger partial charge is 0.494 e. The Morgan fingerprint density at radius 3 is 2.05 bits per heavy atom. The van der Waals surface area contributed by atoms with E-state index in [4.69, 9.17) is 15.3 Å². The summed E-state index contributed by atoms with van der Waals surface area (Å²) in [5, 5.41) is 17.5. The number of ether oxygens (including phenoxy) is 1. The maximum absolute atomic E-state index is 8.77. The van der Waals surface area contributed by atoms with Crippen LogP contribution in [0.15, 0.2) is 18.2 Å². The molecule has 0 fully saturated rings. The lowest BCUT2D eigenvalue weighted by molar-refractivity contribution is 0.304. The Labute approximate surface area is 121 Å². The highest BCUT2D eigenvalue weighted by molar-refractivity contribution is 5.36. The molecule has 0 unspecified atom stereocenters. The van der Waals surface area contributed by atoms with E-state index in [9.17, 15) is 0 Å². The van der Waals surface area contributed by atoms with Crippen molar-refractivity contribution in [2.75, 3.05) is 6.61 Å². The predicted molar refractivity (Wildman–Crippen MR) is 79.3 cm³/mol. The van der Waals surface area contributed by atoms with E-state index in [2.05, 4.69) is 19.1 Å². The van der Waals surface area contributed by atoms with Crippen LogP contribution in [-0.4, -0.2) is 6.61 Å². The molecule has 3 nitrogen and oxygen atoms in total. The monoisotopic (exact) mass is 270 g/mol. The van der Waals surface area contributed by atoms with Crippen LogP contribution in [0.1, 0.15) is 50.2 Å². The van der Waals surface area contributed by atoms with Gasteiger partial charge < -0.3 is 4.74 Å². The molecule has 20 heavy (non-hydrogen) atoms. The van der Waals surface area contributed by atoms with E-state index >= 15 is 0 Å². The van der Waals surface area contributed by atoms with E-state index < -0.39 is 0 Å². The molecule has 0 atom stereocenters. The van der Waals surface area contributed by atoms with Crippen molar-refractivity contribution in [2.24, 2.45) is 0 Å². The minimum Gasteiger partial charge on any atom is -0.494 e. The fourth-order valence-electron chi connectivity index (χ4n) is 2.09. The second-order valence-corrected chi connectivity index (χ2v) is 4.92. The first-order valence-corrected chi connectivity index (χ1v) is 7.29. The van der Waals surface area contributed by atoms with Crippen LogP contribution in [0.5, 0.6) is 5.75 Å². The zero-order chi connectivity index (χ0) is 14.6. The van der Waals surface area contributed by atoms with E-state index in [1.165, 1.54) is 25.7 Å². The maximum atomic E-state index is 8.77. The molecule has 0 saturated heterocycles. The van der Waals surface area contributed by atoms with Crippen molar-refractivity contribution < 1.29 is 4.74 Å². The molecule has 0 amide bonds. The molecule has 1 aromatic rings. The molecule has 0 aliphatic heterocycles. The van der Waals surface area contributed by atoms with Gasteiger partial charge in [-0.05, 0) is 29.7 Å². The van der Waals surface area contributed by atoms with Crippen LogP contribution in [0.4, 0.5) is 0 Å². The van der Waals surface area contributed by atoms with Crippen LogP contribution in [0.3, 0.4) is 0 Å². The van der Waals surface area contributed by atoms with Crippen molar-refractivity contribution >= 4 is 0 Å². The number of rotatable bonds is 9. The van der Waals surface area contributed by atoms with E-state index in [0.29, 0.717) is 19.4 Å². The van der Waals surface area contributed by atoms with E-state index in [0.717, 1.165) is 23.3 Å². The average Bonchev–Trinajstić information content (AvgIpc) is 2.43. The van der Waals surface area contributed by atoms with Crippen molar-refractivity contribution in [1.29, 1.82) is 10.5 Å². The fraction of sp³-hybridized carbons (Fsp3) is 0.529. The van der Waals surface area contributed by atoms with Gasteiger partial charge in [-0.25, -0.2) is 0 Å². The third-order valence-corrected chi connectivity index (χ3v) is 3.11. The van der Waals surface area contributed by atoms with Crippen molar-refractivity contribution in [1.82, 2.24) is 0 Å². The molecular weight excluding hydrogens is 248 g/mol. The lowest BCUT2D eigenvalue weighted by atomic mass is 10.1. The van der Waals surface area contributed by atoms with Crippen molar-refractivity contribution in [3.8, 4) is 17.9 Å². The molecule has 0 N–H and O–H groups in total. The minimum absolute atomic E-state index is 0.353. The number of hydrogen-bond donors (Lipinski definition) is 0. The second kappa shape index (κ2) is 9.87. The lowest BCUT2D eigenvalue weighted by Gasteiger charge is -2.09. The summed E-state index contributed by atoms with van der Waals surface area (Å²) in [5.74, 6) is 0.776. The van der Waals surface area contributed by atoms with Crippen LogP contribution < -0.4 is 4.74 Å². The summed E-state index contributed by atoms with van der Waals surface area (Å²) in [6.07, 6.45) is 6.73. The van der Waals surface area contributed by atoms with Gasteiger partial charge in [-0.1, -0.05) is 38.7 Å². The minimum atomic E-state index is 0.353. The summed E-state index contributed by atoms with van der Waals surface area (Å²) in [4.78, 5) is 0. The van der Waals surface area contributed by atoms with Crippen LogP contribution in [0.2, 0.25) is 0 Å². The summed E-state index contributed by atoms with van der Waals surface area (Å²) >= 11 is 0. The first kappa shape index (κ1) is 16.1. The fourth-order valence-corrected chi connectivity index (χ4v) is 2.09. The maximum Gasteiger partial charge on any atom is 0.119 e. The Bertz CT molecular complexity index is 448.